The normalized spacial score (nSPS) is 16.8. The largest absolute Gasteiger partial charge is 0.376 e. The van der Waals surface area contributed by atoms with Crippen molar-refractivity contribution >= 4 is 58.2 Å². The van der Waals surface area contributed by atoms with Crippen LogP contribution in [0.3, 0.4) is 0 Å². The number of halogens is 3. The Morgan fingerprint density at radius 2 is 2.12 bits per heavy atom. The predicted molar refractivity (Wildman–Crippen MR) is 103 cm³/mol. The van der Waals surface area contributed by atoms with Crippen LogP contribution in [0, 0.1) is 0 Å². The lowest BCUT2D eigenvalue weighted by Gasteiger charge is -2.11. The molecule has 1 aliphatic rings. The van der Waals surface area contributed by atoms with E-state index in [1.807, 2.05) is 0 Å². The lowest BCUT2D eigenvalue weighted by Crippen LogP contribution is -2.25. The molecule has 26 heavy (non-hydrogen) atoms. The number of aromatic amines is 1. The zero-order chi connectivity index (χ0) is 18.7. The van der Waals surface area contributed by atoms with Gasteiger partial charge in [0.25, 0.3) is 0 Å². The molecule has 2 aromatic rings. The van der Waals surface area contributed by atoms with Gasteiger partial charge in [0.2, 0.25) is 5.91 Å². The van der Waals surface area contributed by atoms with Gasteiger partial charge < -0.3 is 10.1 Å². The number of amides is 1. The van der Waals surface area contributed by atoms with E-state index in [1.165, 1.54) is 16.7 Å². The molecular weight excluding hydrogens is 423 g/mol. The monoisotopic (exact) mass is 436 g/mol. The van der Waals surface area contributed by atoms with Crippen molar-refractivity contribution < 1.29 is 9.53 Å². The number of nitrogens with zero attached hydrogens (tertiary/aromatic N) is 2. The zero-order valence-corrected chi connectivity index (χ0v) is 16.5. The molecule has 0 spiro atoms. The SMILES string of the molecule is O=C(CSc1n[nH]c(=O)n1CC1CCCO1)Nc1c(Cl)cc(Cl)cc1Cl. The van der Waals surface area contributed by atoms with Crippen molar-refractivity contribution in [1.82, 2.24) is 14.8 Å². The third-order valence-electron chi connectivity index (χ3n) is 3.74. The van der Waals surface area contributed by atoms with Crippen molar-refractivity contribution in [3.63, 3.8) is 0 Å². The molecule has 3 rings (SSSR count). The second-order valence-electron chi connectivity index (χ2n) is 5.64. The molecule has 1 aromatic heterocycles. The van der Waals surface area contributed by atoms with Crippen molar-refractivity contribution in [2.75, 3.05) is 17.7 Å². The summed E-state index contributed by atoms with van der Waals surface area (Å²) in [5.41, 5.74) is -0.0331. The van der Waals surface area contributed by atoms with E-state index in [1.54, 1.807) is 0 Å². The van der Waals surface area contributed by atoms with Crippen LogP contribution >= 0.6 is 46.6 Å². The van der Waals surface area contributed by atoms with Gasteiger partial charge in [-0.1, -0.05) is 46.6 Å². The average molecular weight is 438 g/mol. The summed E-state index contributed by atoms with van der Waals surface area (Å²) < 4.78 is 7.03. The molecule has 11 heteroatoms. The lowest BCUT2D eigenvalue weighted by atomic mass is 10.2. The molecule has 1 atom stereocenters. The molecule has 2 heterocycles. The van der Waals surface area contributed by atoms with Crippen LogP contribution in [0.1, 0.15) is 12.8 Å². The van der Waals surface area contributed by atoms with E-state index < -0.39 is 0 Å². The lowest BCUT2D eigenvalue weighted by molar-refractivity contribution is -0.113. The predicted octanol–water partition coefficient (Wildman–Crippen LogP) is 3.44. The fraction of sp³-hybridized carbons (Fsp3) is 0.400. The highest BCUT2D eigenvalue weighted by molar-refractivity contribution is 7.99. The Balaban J connectivity index is 1.62. The highest BCUT2D eigenvalue weighted by Gasteiger charge is 2.20. The van der Waals surface area contributed by atoms with Crippen LogP contribution in [0.15, 0.2) is 22.1 Å². The summed E-state index contributed by atoms with van der Waals surface area (Å²) in [5.74, 6) is -0.300. The van der Waals surface area contributed by atoms with Gasteiger partial charge in [-0.05, 0) is 25.0 Å². The molecule has 0 saturated carbocycles. The van der Waals surface area contributed by atoms with Gasteiger partial charge in [0.15, 0.2) is 5.16 Å². The number of hydrogen-bond acceptors (Lipinski definition) is 5. The number of nitrogens with one attached hydrogen (secondary N) is 2. The number of aromatic nitrogens is 3. The quantitative estimate of drug-likeness (QED) is 0.676. The van der Waals surface area contributed by atoms with E-state index in [9.17, 15) is 9.59 Å². The summed E-state index contributed by atoms with van der Waals surface area (Å²) in [6.07, 6.45) is 1.87. The van der Waals surface area contributed by atoms with E-state index in [-0.39, 0.29) is 33.5 Å². The summed E-state index contributed by atoms with van der Waals surface area (Å²) in [5, 5.41) is 10.3. The molecule has 0 aliphatic carbocycles. The van der Waals surface area contributed by atoms with Crippen molar-refractivity contribution in [3.05, 3.63) is 37.7 Å². The van der Waals surface area contributed by atoms with Crippen molar-refractivity contribution in [3.8, 4) is 0 Å². The molecule has 0 radical (unpaired) electrons. The minimum Gasteiger partial charge on any atom is -0.376 e. The number of rotatable bonds is 6. The fourth-order valence-electron chi connectivity index (χ4n) is 2.53. The Morgan fingerprint density at radius 3 is 2.77 bits per heavy atom. The fourth-order valence-corrected chi connectivity index (χ4v) is 4.20. The third-order valence-corrected chi connectivity index (χ3v) is 5.53. The standard InChI is InChI=1S/C15H15Cl3N4O3S/c16-8-4-10(17)13(11(18)5-8)19-12(23)7-26-15-21-20-14(24)22(15)6-9-2-1-3-25-9/h4-5,9H,1-3,6-7H2,(H,19,23)(H,20,24). The molecule has 1 aromatic carbocycles. The number of benzene rings is 1. The summed E-state index contributed by atoms with van der Waals surface area (Å²) in [7, 11) is 0. The second-order valence-corrected chi connectivity index (χ2v) is 7.83. The molecule has 1 unspecified atom stereocenters. The summed E-state index contributed by atoms with van der Waals surface area (Å²) in [4.78, 5) is 24.1. The smallest absolute Gasteiger partial charge is 0.344 e. The van der Waals surface area contributed by atoms with Crippen molar-refractivity contribution in [2.24, 2.45) is 0 Å². The Hall–Kier alpha value is -1.19. The topological polar surface area (TPSA) is 89.0 Å². The first-order chi connectivity index (χ1) is 12.4. The van der Waals surface area contributed by atoms with E-state index in [0.29, 0.717) is 29.0 Å². The van der Waals surface area contributed by atoms with Gasteiger partial charge in [-0.25, -0.2) is 9.89 Å². The van der Waals surface area contributed by atoms with Crippen LogP contribution in [-0.2, 0) is 16.1 Å². The zero-order valence-electron chi connectivity index (χ0n) is 13.4. The highest BCUT2D eigenvalue weighted by Crippen LogP contribution is 2.33. The maximum absolute atomic E-state index is 12.2. The van der Waals surface area contributed by atoms with Gasteiger partial charge in [-0.3, -0.25) is 9.36 Å². The van der Waals surface area contributed by atoms with Crippen LogP contribution in [-0.4, -0.2) is 39.1 Å². The van der Waals surface area contributed by atoms with Crippen LogP contribution in [0.4, 0.5) is 5.69 Å². The number of hydrogen-bond donors (Lipinski definition) is 2. The van der Waals surface area contributed by atoms with Crippen LogP contribution < -0.4 is 11.0 Å². The van der Waals surface area contributed by atoms with E-state index in [2.05, 4.69) is 15.5 Å². The first-order valence-electron chi connectivity index (χ1n) is 7.78. The number of anilines is 1. The molecule has 1 aliphatic heterocycles. The van der Waals surface area contributed by atoms with Gasteiger partial charge >= 0.3 is 5.69 Å². The maximum Gasteiger partial charge on any atom is 0.344 e. The number of H-pyrrole nitrogens is 1. The van der Waals surface area contributed by atoms with Gasteiger partial charge in [-0.15, -0.1) is 5.10 Å². The average Bonchev–Trinajstić information content (AvgIpc) is 3.21. The highest BCUT2D eigenvalue weighted by atomic mass is 35.5. The molecule has 1 fully saturated rings. The van der Waals surface area contributed by atoms with Crippen molar-refractivity contribution in [1.29, 1.82) is 0 Å². The minimum atomic E-state index is -0.333. The minimum absolute atomic E-state index is 0.00911. The van der Waals surface area contributed by atoms with Crippen LogP contribution in [0.25, 0.3) is 0 Å². The van der Waals surface area contributed by atoms with Crippen molar-refractivity contribution in [2.45, 2.75) is 30.6 Å². The molecular formula is C15H15Cl3N4O3S. The summed E-state index contributed by atoms with van der Waals surface area (Å²) in [6, 6.07) is 2.98. The summed E-state index contributed by atoms with van der Waals surface area (Å²) in [6.45, 7) is 1.11. The Labute approximate surface area is 168 Å². The third kappa shape index (κ3) is 4.75. The van der Waals surface area contributed by atoms with Crippen LogP contribution in [0.5, 0.6) is 0 Å². The van der Waals surface area contributed by atoms with E-state index >= 15 is 0 Å². The second kappa shape index (κ2) is 8.67. The van der Waals surface area contributed by atoms with Crippen LogP contribution in [0.2, 0.25) is 15.1 Å². The van der Waals surface area contributed by atoms with Gasteiger partial charge in [0.1, 0.15) is 0 Å². The molecule has 140 valence electrons. The van der Waals surface area contributed by atoms with E-state index in [4.69, 9.17) is 39.5 Å². The van der Waals surface area contributed by atoms with Gasteiger partial charge in [0, 0.05) is 11.6 Å². The molecule has 1 amide bonds. The van der Waals surface area contributed by atoms with Gasteiger partial charge in [0.05, 0.1) is 34.1 Å². The number of carbonyl (C=O) groups is 1. The summed E-state index contributed by atoms with van der Waals surface area (Å²) >= 11 is 19.1. The Bertz CT molecular complexity index is 841. The molecule has 2 N–H and O–H groups in total. The van der Waals surface area contributed by atoms with E-state index in [0.717, 1.165) is 24.6 Å². The Kier molecular flexibility index (Phi) is 6.52. The molecule has 0 bridgehead atoms. The number of carbonyl (C=O) groups excluding carboxylic acids is 1. The first kappa shape index (κ1) is 19.6. The molecule has 7 nitrogen and oxygen atoms in total. The number of thioether (sulfide) groups is 1. The number of ether oxygens (including phenoxy) is 1. The first-order valence-corrected chi connectivity index (χ1v) is 9.90. The van der Waals surface area contributed by atoms with Gasteiger partial charge in [-0.2, -0.15) is 0 Å². The maximum atomic E-state index is 12.2. The Morgan fingerprint density at radius 1 is 1.38 bits per heavy atom. The molecule has 1 saturated heterocycles.